The molecule has 0 aliphatic carbocycles. The summed E-state index contributed by atoms with van der Waals surface area (Å²) in [6.45, 7) is 0. The van der Waals surface area contributed by atoms with Crippen molar-refractivity contribution in [1.29, 1.82) is 0 Å². The zero-order valence-electron chi connectivity index (χ0n) is 9.73. The topological polar surface area (TPSA) is 33.6 Å². The lowest BCUT2D eigenvalue weighted by atomic mass is 10.3. The van der Waals surface area contributed by atoms with Crippen LogP contribution in [0.2, 0.25) is 0 Å². The van der Waals surface area contributed by atoms with Crippen LogP contribution in [0.3, 0.4) is 0 Å². The zero-order valence-corrected chi connectivity index (χ0v) is 13.0. The summed E-state index contributed by atoms with van der Waals surface area (Å²) >= 11 is 9.54. The number of H-pyrrole nitrogens is 1. The van der Waals surface area contributed by atoms with E-state index in [0.717, 1.165) is 4.88 Å². The Labute approximate surface area is 130 Å². The fraction of sp³-hybridized carbons (Fsp3) is 0. The lowest BCUT2D eigenvalue weighted by molar-refractivity contribution is 0.567. The van der Waals surface area contributed by atoms with Crippen LogP contribution in [0.25, 0.3) is 16.4 Å². The highest BCUT2D eigenvalue weighted by Crippen LogP contribution is 2.29. The maximum atomic E-state index is 14.1. The normalized spacial score (nSPS) is 10.9. The number of aromatic amines is 1. The molecule has 0 aliphatic heterocycles. The van der Waals surface area contributed by atoms with E-state index in [1.54, 1.807) is 6.07 Å². The summed E-state index contributed by atoms with van der Waals surface area (Å²) in [4.78, 5) is 0.763. The highest BCUT2D eigenvalue weighted by molar-refractivity contribution is 9.10. The van der Waals surface area contributed by atoms with Gasteiger partial charge in [0.05, 0.1) is 4.88 Å². The molecule has 0 radical (unpaired) electrons. The third kappa shape index (κ3) is 2.23. The fourth-order valence-electron chi connectivity index (χ4n) is 1.82. The third-order valence-electron chi connectivity index (χ3n) is 2.62. The molecule has 3 rings (SSSR count). The molecule has 102 valence electrons. The van der Waals surface area contributed by atoms with Crippen LogP contribution in [0.5, 0.6) is 0 Å². The molecule has 3 nitrogen and oxygen atoms in total. The Balaban J connectivity index is 2.32. The first-order valence-electron chi connectivity index (χ1n) is 5.44. The standard InChI is InChI=1S/C12H6BrF2N3S2/c13-6-4-7(14)10(8(15)5-6)18-11(16-17-12(18)19)9-2-1-3-20-9/h1-5H,(H,17,19). The fourth-order valence-corrected chi connectivity index (χ4v) is 3.15. The van der Waals surface area contributed by atoms with Gasteiger partial charge in [0.25, 0.3) is 0 Å². The molecule has 0 saturated carbocycles. The number of hydrogen-bond acceptors (Lipinski definition) is 3. The number of benzene rings is 1. The molecule has 2 aromatic heterocycles. The Kier molecular flexibility index (Phi) is 3.53. The second-order valence-corrected chi connectivity index (χ2v) is 6.13. The molecule has 0 unspecified atom stereocenters. The van der Waals surface area contributed by atoms with Crippen LogP contribution in [-0.4, -0.2) is 14.8 Å². The van der Waals surface area contributed by atoms with E-state index in [4.69, 9.17) is 12.2 Å². The molecule has 0 amide bonds. The Morgan fingerprint density at radius 2 is 2.00 bits per heavy atom. The average Bonchev–Trinajstić information content (AvgIpc) is 2.99. The molecule has 1 aromatic carbocycles. The van der Waals surface area contributed by atoms with Crippen molar-refractivity contribution < 1.29 is 8.78 Å². The number of halogens is 3. The zero-order chi connectivity index (χ0) is 14.3. The van der Waals surface area contributed by atoms with Gasteiger partial charge in [-0.3, -0.25) is 9.67 Å². The molecule has 0 atom stereocenters. The Hall–Kier alpha value is -1.38. The minimum absolute atomic E-state index is 0.133. The Morgan fingerprint density at radius 3 is 2.60 bits per heavy atom. The molecule has 0 fully saturated rings. The third-order valence-corrected chi connectivity index (χ3v) is 4.22. The molecular weight excluding hydrogens is 368 g/mol. The first kappa shape index (κ1) is 13.6. The summed E-state index contributed by atoms with van der Waals surface area (Å²) in [7, 11) is 0. The molecule has 0 aliphatic rings. The van der Waals surface area contributed by atoms with Crippen LogP contribution in [-0.2, 0) is 0 Å². The van der Waals surface area contributed by atoms with Gasteiger partial charge in [0.15, 0.2) is 22.2 Å². The van der Waals surface area contributed by atoms with E-state index in [2.05, 4.69) is 26.1 Å². The van der Waals surface area contributed by atoms with E-state index in [-0.39, 0.29) is 10.5 Å². The van der Waals surface area contributed by atoms with Crippen molar-refractivity contribution in [2.75, 3.05) is 0 Å². The number of aromatic nitrogens is 3. The highest BCUT2D eigenvalue weighted by atomic mass is 79.9. The quantitative estimate of drug-likeness (QED) is 0.660. The van der Waals surface area contributed by atoms with Gasteiger partial charge in [-0.2, -0.15) is 5.10 Å². The van der Waals surface area contributed by atoms with Crippen LogP contribution < -0.4 is 0 Å². The van der Waals surface area contributed by atoms with Gasteiger partial charge in [-0.15, -0.1) is 11.3 Å². The van der Waals surface area contributed by atoms with Crippen LogP contribution in [0.15, 0.2) is 34.1 Å². The molecule has 2 heterocycles. The van der Waals surface area contributed by atoms with Gasteiger partial charge in [0.1, 0.15) is 5.69 Å². The van der Waals surface area contributed by atoms with Gasteiger partial charge < -0.3 is 0 Å². The smallest absolute Gasteiger partial charge is 0.200 e. The molecule has 0 saturated heterocycles. The first-order valence-corrected chi connectivity index (χ1v) is 7.52. The van der Waals surface area contributed by atoms with Crippen molar-refractivity contribution in [2.45, 2.75) is 0 Å². The highest BCUT2D eigenvalue weighted by Gasteiger charge is 2.19. The van der Waals surface area contributed by atoms with Gasteiger partial charge in [-0.05, 0) is 35.8 Å². The maximum absolute atomic E-state index is 14.1. The van der Waals surface area contributed by atoms with Gasteiger partial charge in [0, 0.05) is 4.47 Å². The van der Waals surface area contributed by atoms with Gasteiger partial charge >= 0.3 is 0 Å². The lowest BCUT2D eigenvalue weighted by Gasteiger charge is -2.08. The van der Waals surface area contributed by atoms with Gasteiger partial charge in [-0.25, -0.2) is 8.78 Å². The monoisotopic (exact) mass is 373 g/mol. The van der Waals surface area contributed by atoms with E-state index in [1.807, 2.05) is 11.4 Å². The number of rotatable bonds is 2. The van der Waals surface area contributed by atoms with E-state index < -0.39 is 11.6 Å². The predicted octanol–water partition coefficient (Wildman–Crippen LogP) is 4.70. The number of thiophene rings is 1. The summed E-state index contributed by atoms with van der Waals surface area (Å²) < 4.78 is 29.9. The van der Waals surface area contributed by atoms with E-state index >= 15 is 0 Å². The largest absolute Gasteiger partial charge is 0.261 e. The minimum Gasteiger partial charge on any atom is -0.261 e. The molecule has 8 heteroatoms. The van der Waals surface area contributed by atoms with Crippen LogP contribution in [0.1, 0.15) is 0 Å². The molecular formula is C12H6BrF2N3S2. The van der Waals surface area contributed by atoms with Crippen LogP contribution in [0.4, 0.5) is 8.78 Å². The van der Waals surface area contributed by atoms with Crippen molar-refractivity contribution in [2.24, 2.45) is 0 Å². The molecule has 1 N–H and O–H groups in total. The molecule has 20 heavy (non-hydrogen) atoms. The summed E-state index contributed by atoms with van der Waals surface area (Å²) in [5.74, 6) is -1.05. The van der Waals surface area contributed by atoms with E-state index in [1.165, 1.54) is 28.0 Å². The second kappa shape index (κ2) is 5.19. The summed E-state index contributed by atoms with van der Waals surface area (Å²) in [5, 5.41) is 8.47. The predicted molar refractivity (Wildman–Crippen MR) is 79.7 cm³/mol. The van der Waals surface area contributed by atoms with Crippen molar-refractivity contribution in [1.82, 2.24) is 14.8 Å². The van der Waals surface area contributed by atoms with Crippen LogP contribution in [0, 0.1) is 16.4 Å². The van der Waals surface area contributed by atoms with Crippen LogP contribution >= 0.6 is 39.5 Å². The van der Waals surface area contributed by atoms with Crippen molar-refractivity contribution in [3.05, 3.63) is 50.5 Å². The molecule has 3 aromatic rings. The SMILES string of the molecule is Fc1cc(Br)cc(F)c1-n1c(-c2cccs2)n[nH]c1=S. The minimum atomic E-state index is -0.716. The van der Waals surface area contributed by atoms with Crippen molar-refractivity contribution in [3.8, 4) is 16.4 Å². The van der Waals surface area contributed by atoms with Crippen molar-refractivity contribution >= 4 is 39.5 Å². The van der Waals surface area contributed by atoms with E-state index in [9.17, 15) is 8.78 Å². The Bertz CT molecular complexity index is 801. The number of nitrogens with zero attached hydrogens (tertiary/aromatic N) is 2. The maximum Gasteiger partial charge on any atom is 0.200 e. The molecule has 0 spiro atoms. The average molecular weight is 374 g/mol. The Morgan fingerprint density at radius 1 is 1.30 bits per heavy atom. The van der Waals surface area contributed by atoms with Gasteiger partial charge in [-0.1, -0.05) is 22.0 Å². The number of hydrogen-bond donors (Lipinski definition) is 1. The first-order chi connectivity index (χ1) is 9.58. The van der Waals surface area contributed by atoms with Gasteiger partial charge in [0.2, 0.25) is 0 Å². The molecule has 0 bridgehead atoms. The summed E-state index contributed by atoms with van der Waals surface area (Å²) in [5.41, 5.74) is -0.240. The second-order valence-electron chi connectivity index (χ2n) is 3.88. The van der Waals surface area contributed by atoms with Crippen molar-refractivity contribution in [3.63, 3.8) is 0 Å². The summed E-state index contributed by atoms with van der Waals surface area (Å²) in [6, 6.07) is 6.01. The lowest BCUT2D eigenvalue weighted by Crippen LogP contribution is -2.03. The van der Waals surface area contributed by atoms with E-state index in [0.29, 0.717) is 10.3 Å². The number of nitrogens with one attached hydrogen (secondary N) is 1. The summed E-state index contributed by atoms with van der Waals surface area (Å²) in [6.07, 6.45) is 0.